The zero-order valence-electron chi connectivity index (χ0n) is 11.8. The molecule has 0 saturated carbocycles. The number of hydrogen-bond acceptors (Lipinski definition) is 3. The van der Waals surface area contributed by atoms with Crippen molar-refractivity contribution in [2.45, 2.75) is 33.3 Å². The van der Waals surface area contributed by atoms with Crippen LogP contribution in [0.5, 0.6) is 0 Å². The summed E-state index contributed by atoms with van der Waals surface area (Å²) in [6.07, 6.45) is -0.403. The number of para-hydroxylation sites is 1. The predicted molar refractivity (Wildman–Crippen MR) is 73.5 cm³/mol. The van der Waals surface area contributed by atoms with Crippen LogP contribution in [0.4, 0.5) is 10.5 Å². The van der Waals surface area contributed by atoms with Crippen LogP contribution in [0, 0.1) is 5.92 Å². The first-order valence-electron chi connectivity index (χ1n) is 6.43. The van der Waals surface area contributed by atoms with Crippen LogP contribution in [-0.2, 0) is 4.74 Å². The molecule has 2 rings (SSSR count). The molecule has 0 N–H and O–H groups in total. The van der Waals surface area contributed by atoms with Crippen molar-refractivity contribution in [3.8, 4) is 0 Å². The van der Waals surface area contributed by atoms with Gasteiger partial charge in [-0.2, -0.15) is 0 Å². The summed E-state index contributed by atoms with van der Waals surface area (Å²) in [5, 5.41) is 0. The number of fused-ring (bicyclic) bond motifs is 1. The number of carbonyl (C=O) groups excluding carboxylic acids is 2. The molecule has 1 unspecified atom stereocenters. The first-order chi connectivity index (χ1) is 8.79. The Hall–Kier alpha value is -1.84. The maximum Gasteiger partial charge on any atom is 0.414 e. The Labute approximate surface area is 113 Å². The summed E-state index contributed by atoms with van der Waals surface area (Å²) in [5.41, 5.74) is 0.684. The Morgan fingerprint density at radius 3 is 2.58 bits per heavy atom. The minimum atomic E-state index is -0.545. The van der Waals surface area contributed by atoms with Gasteiger partial charge in [0, 0.05) is 18.0 Å². The number of ketones is 1. The van der Waals surface area contributed by atoms with E-state index in [1.54, 1.807) is 17.0 Å². The van der Waals surface area contributed by atoms with E-state index >= 15 is 0 Å². The summed E-state index contributed by atoms with van der Waals surface area (Å²) >= 11 is 0. The third-order valence-corrected chi connectivity index (χ3v) is 2.98. The fraction of sp³-hybridized carbons (Fsp3) is 0.467. The van der Waals surface area contributed by atoms with Gasteiger partial charge in [-0.05, 0) is 32.9 Å². The number of rotatable bonds is 0. The molecule has 1 aromatic carbocycles. The summed E-state index contributed by atoms with van der Waals surface area (Å²) < 4.78 is 5.39. The van der Waals surface area contributed by atoms with Gasteiger partial charge in [0.15, 0.2) is 5.78 Å². The van der Waals surface area contributed by atoms with E-state index in [0.29, 0.717) is 17.8 Å². The molecule has 102 valence electrons. The van der Waals surface area contributed by atoms with Crippen LogP contribution in [0.2, 0.25) is 0 Å². The van der Waals surface area contributed by atoms with Gasteiger partial charge in [0.05, 0.1) is 5.69 Å². The Kier molecular flexibility index (Phi) is 3.35. The second-order valence-corrected chi connectivity index (χ2v) is 5.87. The molecular formula is C15H19NO3. The van der Waals surface area contributed by atoms with Gasteiger partial charge < -0.3 is 4.74 Å². The minimum absolute atomic E-state index is 0.0791. The molecule has 1 aromatic rings. The summed E-state index contributed by atoms with van der Waals surface area (Å²) in [6.45, 7) is 7.68. The Bertz CT molecular complexity index is 516. The molecule has 0 saturated heterocycles. The third kappa shape index (κ3) is 2.78. The molecule has 1 atom stereocenters. The molecule has 19 heavy (non-hydrogen) atoms. The quantitative estimate of drug-likeness (QED) is 0.720. The van der Waals surface area contributed by atoms with Crippen LogP contribution < -0.4 is 4.90 Å². The number of hydrogen-bond donors (Lipinski definition) is 0. The Morgan fingerprint density at radius 1 is 1.32 bits per heavy atom. The van der Waals surface area contributed by atoms with Crippen molar-refractivity contribution in [3.63, 3.8) is 0 Å². The third-order valence-electron chi connectivity index (χ3n) is 2.98. The van der Waals surface area contributed by atoms with E-state index in [4.69, 9.17) is 4.74 Å². The van der Waals surface area contributed by atoms with E-state index in [9.17, 15) is 9.59 Å². The van der Waals surface area contributed by atoms with Crippen LogP contribution >= 0.6 is 0 Å². The zero-order valence-corrected chi connectivity index (χ0v) is 11.8. The number of Topliss-reactive ketones (excluding diaryl/α,β-unsaturated/α-hetero) is 1. The highest BCUT2D eigenvalue weighted by Crippen LogP contribution is 2.30. The zero-order chi connectivity index (χ0) is 14.2. The second kappa shape index (κ2) is 4.68. The number of amides is 1. The fourth-order valence-electron chi connectivity index (χ4n) is 2.13. The van der Waals surface area contributed by atoms with Gasteiger partial charge in [0.1, 0.15) is 5.60 Å². The molecule has 1 aliphatic rings. The second-order valence-electron chi connectivity index (χ2n) is 5.87. The van der Waals surface area contributed by atoms with Crippen LogP contribution in [0.25, 0.3) is 0 Å². The van der Waals surface area contributed by atoms with E-state index in [1.165, 1.54) is 0 Å². The van der Waals surface area contributed by atoms with E-state index in [-0.39, 0.29) is 11.7 Å². The van der Waals surface area contributed by atoms with Gasteiger partial charge >= 0.3 is 6.09 Å². The van der Waals surface area contributed by atoms with Gasteiger partial charge in [-0.3, -0.25) is 9.69 Å². The summed E-state index contributed by atoms with van der Waals surface area (Å²) in [7, 11) is 0. The lowest BCUT2D eigenvalue weighted by molar-refractivity contribution is 0.0571. The molecule has 4 nitrogen and oxygen atoms in total. The number of ether oxygens (including phenoxy) is 1. The first-order valence-corrected chi connectivity index (χ1v) is 6.43. The molecule has 1 heterocycles. The molecule has 0 fully saturated rings. The Balaban J connectivity index is 2.35. The molecule has 0 aromatic heterocycles. The van der Waals surface area contributed by atoms with Gasteiger partial charge in [-0.25, -0.2) is 4.79 Å². The van der Waals surface area contributed by atoms with Crippen LogP contribution in [0.15, 0.2) is 24.3 Å². The molecule has 0 aliphatic carbocycles. The average Bonchev–Trinajstić information content (AvgIpc) is 2.31. The van der Waals surface area contributed by atoms with Crippen molar-refractivity contribution in [1.82, 2.24) is 0 Å². The molecule has 0 radical (unpaired) electrons. The van der Waals surface area contributed by atoms with Crippen LogP contribution in [0.1, 0.15) is 38.1 Å². The van der Waals surface area contributed by atoms with Gasteiger partial charge in [-0.15, -0.1) is 0 Å². The highest BCUT2D eigenvalue weighted by atomic mass is 16.6. The first kappa shape index (κ1) is 13.6. The largest absolute Gasteiger partial charge is 0.443 e. The molecular weight excluding hydrogens is 242 g/mol. The SMILES string of the molecule is CC1CN(C(=O)OC(C)(C)C)c2ccccc2C1=O. The number of carbonyl (C=O) groups is 2. The summed E-state index contributed by atoms with van der Waals surface area (Å²) in [6, 6.07) is 7.16. The van der Waals surface area contributed by atoms with Crippen molar-refractivity contribution in [2.75, 3.05) is 11.4 Å². The van der Waals surface area contributed by atoms with Gasteiger partial charge in [0.2, 0.25) is 0 Å². The van der Waals surface area contributed by atoms with E-state index in [1.807, 2.05) is 39.8 Å². The molecule has 4 heteroatoms. The van der Waals surface area contributed by atoms with E-state index in [0.717, 1.165) is 0 Å². The van der Waals surface area contributed by atoms with Crippen molar-refractivity contribution in [2.24, 2.45) is 5.92 Å². The topological polar surface area (TPSA) is 46.6 Å². The lowest BCUT2D eigenvalue weighted by Gasteiger charge is -2.33. The van der Waals surface area contributed by atoms with Crippen LogP contribution in [-0.4, -0.2) is 24.0 Å². The van der Waals surface area contributed by atoms with Gasteiger partial charge in [-0.1, -0.05) is 19.1 Å². The summed E-state index contributed by atoms with van der Waals surface area (Å²) in [5.74, 6) is -0.127. The molecule has 1 aliphatic heterocycles. The van der Waals surface area contributed by atoms with Crippen LogP contribution in [0.3, 0.4) is 0 Å². The molecule has 1 amide bonds. The van der Waals surface area contributed by atoms with Crippen molar-refractivity contribution >= 4 is 17.6 Å². The maximum atomic E-state index is 12.2. The molecule has 0 spiro atoms. The monoisotopic (exact) mass is 261 g/mol. The lowest BCUT2D eigenvalue weighted by Crippen LogP contribution is -2.44. The normalized spacial score (nSPS) is 19.1. The predicted octanol–water partition coefficient (Wildman–Crippen LogP) is 3.26. The molecule has 0 bridgehead atoms. The number of benzene rings is 1. The summed E-state index contributed by atoms with van der Waals surface area (Å²) in [4.78, 5) is 25.9. The van der Waals surface area contributed by atoms with Crippen molar-refractivity contribution in [3.05, 3.63) is 29.8 Å². The smallest absolute Gasteiger partial charge is 0.414 e. The van der Waals surface area contributed by atoms with Crippen molar-refractivity contribution < 1.29 is 14.3 Å². The standard InChI is InChI=1S/C15H19NO3/c1-10-9-16(14(18)19-15(2,3)4)12-8-6-5-7-11(12)13(10)17/h5-8,10H,9H2,1-4H3. The van der Waals surface area contributed by atoms with E-state index in [2.05, 4.69) is 0 Å². The Morgan fingerprint density at radius 2 is 1.95 bits per heavy atom. The van der Waals surface area contributed by atoms with Gasteiger partial charge in [0.25, 0.3) is 0 Å². The average molecular weight is 261 g/mol. The lowest BCUT2D eigenvalue weighted by atomic mass is 9.93. The number of anilines is 1. The highest BCUT2D eigenvalue weighted by Gasteiger charge is 2.34. The fourth-order valence-corrected chi connectivity index (χ4v) is 2.13. The highest BCUT2D eigenvalue weighted by molar-refractivity contribution is 6.08. The minimum Gasteiger partial charge on any atom is -0.443 e. The maximum absolute atomic E-state index is 12.2. The number of nitrogens with zero attached hydrogens (tertiary/aromatic N) is 1. The van der Waals surface area contributed by atoms with E-state index < -0.39 is 11.7 Å². The van der Waals surface area contributed by atoms with Crippen molar-refractivity contribution in [1.29, 1.82) is 0 Å².